The number of rotatable bonds is 12. The molecule has 1 saturated heterocycles. The van der Waals surface area contributed by atoms with Crippen LogP contribution in [0.4, 0.5) is 5.69 Å². The van der Waals surface area contributed by atoms with Gasteiger partial charge in [-0.1, -0.05) is 173 Å². The first kappa shape index (κ1) is 49.7. The van der Waals surface area contributed by atoms with Gasteiger partial charge in [0.2, 0.25) is 0 Å². The van der Waals surface area contributed by atoms with Gasteiger partial charge in [0, 0.05) is 23.6 Å². The normalized spacial score (nSPS) is 12.9. The van der Waals surface area contributed by atoms with Gasteiger partial charge in [-0.05, 0) is 74.9 Å². The number of aromatic nitrogens is 1. The summed E-state index contributed by atoms with van der Waals surface area (Å²) in [7, 11) is 0. The van der Waals surface area contributed by atoms with Crippen LogP contribution in [0.1, 0.15) is 88.7 Å². The molecule has 6 aromatic rings. The number of likely N-dealkylation sites (tertiary alicyclic amines) is 1. The van der Waals surface area contributed by atoms with Gasteiger partial charge >= 0.3 is 0 Å². The maximum Gasteiger partial charge on any atom is 0.120 e. The molecule has 0 unspecified atom stereocenters. The molecule has 61 heavy (non-hydrogen) atoms. The summed E-state index contributed by atoms with van der Waals surface area (Å²) >= 11 is 0. The van der Waals surface area contributed by atoms with Crippen LogP contribution in [0.25, 0.3) is 0 Å². The van der Waals surface area contributed by atoms with E-state index in [1.165, 1.54) is 58.9 Å². The third-order valence-electron chi connectivity index (χ3n) is 11.3. The van der Waals surface area contributed by atoms with Crippen molar-refractivity contribution in [1.82, 2.24) is 21.1 Å². The van der Waals surface area contributed by atoms with Crippen LogP contribution in [0, 0.1) is 9.81 Å². The number of hydrogen-bond acceptors (Lipinski definition) is 6. The van der Waals surface area contributed by atoms with Crippen LogP contribution in [-0.2, 0) is 17.1 Å². The van der Waals surface area contributed by atoms with E-state index in [0.29, 0.717) is 11.8 Å². The van der Waals surface area contributed by atoms with Crippen LogP contribution in [-0.4, -0.2) is 53.6 Å². The Labute approximate surface area is 374 Å². The summed E-state index contributed by atoms with van der Waals surface area (Å²) < 4.78 is 0. The van der Waals surface area contributed by atoms with Crippen molar-refractivity contribution in [2.24, 2.45) is 9.98 Å². The van der Waals surface area contributed by atoms with Gasteiger partial charge in [0.15, 0.2) is 0 Å². The van der Waals surface area contributed by atoms with Crippen LogP contribution in [0.15, 0.2) is 168 Å². The van der Waals surface area contributed by atoms with Crippen molar-refractivity contribution in [2.75, 3.05) is 26.2 Å². The molecule has 316 valence electrons. The van der Waals surface area contributed by atoms with E-state index in [9.17, 15) is 0 Å². The first-order valence-corrected chi connectivity index (χ1v) is 20.9. The maximum atomic E-state index is 7.25. The molecule has 1 fully saturated rings. The summed E-state index contributed by atoms with van der Waals surface area (Å²) in [6, 6.07) is 56.2. The molecule has 10 heteroatoms. The molecule has 1 aliphatic rings. The second-order valence-electron chi connectivity index (χ2n) is 15.7. The Kier molecular flexibility index (Phi) is 21.1. The zero-order chi connectivity index (χ0) is 43.3. The molecule has 5 aromatic carbocycles. The van der Waals surface area contributed by atoms with Gasteiger partial charge in [-0.3, -0.25) is 9.98 Å². The second kappa shape index (κ2) is 25.8. The van der Waals surface area contributed by atoms with Crippen molar-refractivity contribution in [3.8, 4) is 0 Å². The molecule has 2 radical (unpaired) electrons. The van der Waals surface area contributed by atoms with Crippen molar-refractivity contribution in [1.29, 1.82) is 0 Å². The van der Waals surface area contributed by atoms with Crippen molar-refractivity contribution in [2.45, 2.75) is 66.2 Å². The average molecular weight is 854 g/mol. The molecule has 2 heterocycles. The van der Waals surface area contributed by atoms with Crippen LogP contribution < -0.4 is 33.0 Å². The minimum Gasteiger partial charge on any atom is -0.301 e. The summed E-state index contributed by atoms with van der Waals surface area (Å²) in [6.07, 6.45) is 1.43. The molecule has 1 aliphatic heterocycles. The number of nitrogens with zero attached hydrogens (tertiary/aromatic N) is 6. The van der Waals surface area contributed by atoms with Gasteiger partial charge in [0.25, 0.3) is 0 Å². The SMILES string of the molecule is CC(=NCCN1CCCC1)c1cccc(C(C)=Nc2c(C(C)C)cccc2C(C)C)n1.[Fe].[N]=O.[N]=O.c1ccc([B-](c2ccccc2)(c2ccccc2)c2ccccc2)cc1. The minimum absolute atomic E-state index is 0. The molecule has 1 aromatic heterocycles. The van der Waals surface area contributed by atoms with Gasteiger partial charge in [-0.2, -0.15) is 21.9 Å². The molecule has 0 N–H and O–H groups in total. The van der Waals surface area contributed by atoms with E-state index < -0.39 is 6.15 Å². The van der Waals surface area contributed by atoms with Crippen molar-refractivity contribution < 1.29 is 17.1 Å². The van der Waals surface area contributed by atoms with Crippen molar-refractivity contribution >= 4 is 45.1 Å². The topological polar surface area (TPSA) is 120 Å². The molecule has 0 bridgehead atoms. The largest absolute Gasteiger partial charge is 0.301 e. The van der Waals surface area contributed by atoms with Gasteiger partial charge < -0.3 is 4.90 Å². The standard InChI is InChI=1S/C27H38N4.C24H20B.Fe.2NO/c1-19(2)23-11-9-12-24(20(3)4)27(23)29-22(6)26-14-10-13-25(30-26)21(5)28-15-18-31-16-7-8-17-31;1-5-13-21(14-6-1)25(22-15-7-2-8-16-22,23-17-9-3-10-18-23)24-19-11-4-12-20-24;;2*1-2/h9-14,19-20H,7-8,15-18H2,1-6H3;1-20H;;;/q;-1;;;. The summed E-state index contributed by atoms with van der Waals surface area (Å²) in [5, 5.41) is 0. The number of para-hydroxylation sites is 1. The molecule has 7 rings (SSSR count). The summed E-state index contributed by atoms with van der Waals surface area (Å²) in [5.41, 5.74) is 24.3. The van der Waals surface area contributed by atoms with Crippen LogP contribution in [0.2, 0.25) is 0 Å². The Morgan fingerprint density at radius 3 is 1.30 bits per heavy atom. The van der Waals surface area contributed by atoms with Gasteiger partial charge in [-0.25, -0.2) is 4.98 Å². The van der Waals surface area contributed by atoms with E-state index in [1.807, 2.05) is 12.1 Å². The Hall–Kier alpha value is -5.67. The van der Waals surface area contributed by atoms with Crippen LogP contribution in [0.5, 0.6) is 0 Å². The third kappa shape index (κ3) is 12.9. The Bertz CT molecular complexity index is 2040. The van der Waals surface area contributed by atoms with Crippen molar-refractivity contribution in [3.05, 3.63) is 190 Å². The zero-order valence-corrected chi connectivity index (χ0v) is 37.4. The monoisotopic (exact) mass is 853 g/mol. The predicted molar refractivity (Wildman–Crippen MR) is 255 cm³/mol. The number of aliphatic imine (C=N–C) groups is 2. The number of hydrogen-bond donors (Lipinski definition) is 0. The Morgan fingerprint density at radius 2 is 0.918 bits per heavy atom. The molecule has 0 spiro atoms. The van der Waals surface area contributed by atoms with Gasteiger partial charge in [0.05, 0.1) is 35.0 Å². The Balaban J connectivity index is 0.000000301. The zero-order valence-electron chi connectivity index (χ0n) is 36.3. The van der Waals surface area contributed by atoms with E-state index >= 15 is 0 Å². The van der Waals surface area contributed by atoms with E-state index in [-0.39, 0.29) is 17.1 Å². The Morgan fingerprint density at radius 1 is 0.557 bits per heavy atom. The first-order chi connectivity index (χ1) is 29.3. The smallest absolute Gasteiger partial charge is 0.120 e. The second-order valence-corrected chi connectivity index (χ2v) is 15.7. The summed E-state index contributed by atoms with van der Waals surface area (Å²) in [5.74, 6) is 0.851. The fraction of sp³-hybridized carbons (Fsp3) is 0.275. The fourth-order valence-corrected chi connectivity index (χ4v) is 8.27. The van der Waals surface area contributed by atoms with Gasteiger partial charge in [-0.15, -0.1) is 9.81 Å². The fourth-order valence-electron chi connectivity index (χ4n) is 8.27. The van der Waals surface area contributed by atoms with E-state index in [4.69, 9.17) is 36.0 Å². The number of pyridine rings is 1. The molecule has 0 atom stereocenters. The predicted octanol–water partition coefficient (Wildman–Crippen LogP) is 8.54. The first-order valence-electron chi connectivity index (χ1n) is 20.9. The van der Waals surface area contributed by atoms with E-state index in [2.05, 4.69) is 192 Å². The molecule has 0 aliphatic carbocycles. The van der Waals surface area contributed by atoms with Gasteiger partial charge in [0.1, 0.15) is 17.3 Å². The average Bonchev–Trinajstić information content (AvgIpc) is 3.83. The van der Waals surface area contributed by atoms with Crippen LogP contribution >= 0.6 is 0 Å². The molecular formula is C51H58BFeN6O2-. The van der Waals surface area contributed by atoms with E-state index in [0.717, 1.165) is 41.6 Å². The molecule has 8 nitrogen and oxygen atoms in total. The van der Waals surface area contributed by atoms with Crippen LogP contribution in [0.3, 0.4) is 0 Å². The maximum absolute atomic E-state index is 7.25. The van der Waals surface area contributed by atoms with E-state index in [1.54, 1.807) is 0 Å². The quantitative estimate of drug-likeness (QED) is 0.0906. The molecular weight excluding hydrogens is 795 g/mol. The molecule has 0 saturated carbocycles. The third-order valence-corrected chi connectivity index (χ3v) is 11.3. The number of nitroso groups, excluding NO2 is 2. The minimum atomic E-state index is -1.22. The summed E-state index contributed by atoms with van der Waals surface area (Å²) in [6.45, 7) is 17.4. The molecule has 0 amide bonds. The van der Waals surface area contributed by atoms with Crippen molar-refractivity contribution in [3.63, 3.8) is 0 Å². The number of benzene rings is 5. The summed E-state index contributed by atoms with van der Waals surface area (Å²) in [4.78, 5) is 31.8.